The number of rotatable bonds is 5. The van der Waals surface area contributed by atoms with Crippen LogP contribution >= 0.6 is 0 Å². The quantitative estimate of drug-likeness (QED) is 0.774. The highest BCUT2D eigenvalue weighted by Gasteiger charge is 2.27. The van der Waals surface area contributed by atoms with Crippen molar-refractivity contribution in [2.75, 3.05) is 17.2 Å². The fraction of sp³-hybridized carbons (Fsp3) is 0.636. The minimum Gasteiger partial charge on any atom is -0.370 e. The molecular formula is C11H18N4. The molecule has 82 valence electrons. The lowest BCUT2D eigenvalue weighted by molar-refractivity contribution is 0.690. The second kappa shape index (κ2) is 4.47. The van der Waals surface area contributed by atoms with Crippen LogP contribution in [0.3, 0.4) is 0 Å². The van der Waals surface area contributed by atoms with Crippen LogP contribution < -0.4 is 10.6 Å². The molecule has 4 nitrogen and oxygen atoms in total. The van der Waals surface area contributed by atoms with E-state index in [0.29, 0.717) is 6.04 Å². The molecule has 0 aromatic carbocycles. The van der Waals surface area contributed by atoms with E-state index >= 15 is 0 Å². The predicted octanol–water partition coefficient (Wildman–Crippen LogP) is 2.12. The summed E-state index contributed by atoms with van der Waals surface area (Å²) in [5, 5.41) is 6.59. The molecule has 1 unspecified atom stereocenters. The number of aromatic nitrogens is 2. The van der Waals surface area contributed by atoms with Gasteiger partial charge in [-0.15, -0.1) is 0 Å². The Morgan fingerprint density at radius 1 is 1.40 bits per heavy atom. The summed E-state index contributed by atoms with van der Waals surface area (Å²) in [5.74, 6) is 2.64. The maximum absolute atomic E-state index is 4.21. The molecule has 1 saturated carbocycles. The minimum atomic E-state index is 0.523. The smallest absolute Gasteiger partial charge is 0.131 e. The molecule has 15 heavy (non-hydrogen) atoms. The van der Waals surface area contributed by atoms with Gasteiger partial charge in [0, 0.05) is 18.7 Å². The van der Waals surface area contributed by atoms with Gasteiger partial charge in [0.15, 0.2) is 0 Å². The van der Waals surface area contributed by atoms with E-state index in [-0.39, 0.29) is 0 Å². The van der Waals surface area contributed by atoms with Crippen LogP contribution in [0, 0.1) is 5.92 Å². The van der Waals surface area contributed by atoms with E-state index in [2.05, 4.69) is 34.4 Å². The van der Waals surface area contributed by atoms with Gasteiger partial charge >= 0.3 is 0 Å². The van der Waals surface area contributed by atoms with Crippen molar-refractivity contribution in [2.45, 2.75) is 32.7 Å². The fourth-order valence-electron chi connectivity index (χ4n) is 1.66. The summed E-state index contributed by atoms with van der Waals surface area (Å²) in [6.45, 7) is 5.16. The van der Waals surface area contributed by atoms with Crippen molar-refractivity contribution >= 4 is 11.6 Å². The Kier molecular flexibility index (Phi) is 3.04. The molecule has 0 saturated heterocycles. The standard InChI is InChI=1S/C11H18N4/c1-3-12-10-6-11(14-7-13-10)15-8(2)9-4-5-9/h6-9H,3-5H2,1-2H3,(H2,12,13,14,15). The SMILES string of the molecule is CCNc1cc(NC(C)C2CC2)ncn1. The van der Waals surface area contributed by atoms with Crippen molar-refractivity contribution < 1.29 is 0 Å². The molecule has 1 atom stereocenters. The van der Waals surface area contributed by atoms with Gasteiger partial charge in [0.05, 0.1) is 0 Å². The molecule has 4 heteroatoms. The topological polar surface area (TPSA) is 49.8 Å². The van der Waals surface area contributed by atoms with Crippen LogP contribution in [0.25, 0.3) is 0 Å². The van der Waals surface area contributed by atoms with Gasteiger partial charge in [-0.1, -0.05) is 0 Å². The summed E-state index contributed by atoms with van der Waals surface area (Å²) in [6.07, 6.45) is 4.29. The first-order valence-electron chi connectivity index (χ1n) is 5.62. The first-order chi connectivity index (χ1) is 7.29. The third-order valence-electron chi connectivity index (χ3n) is 2.73. The number of hydrogen-bond acceptors (Lipinski definition) is 4. The van der Waals surface area contributed by atoms with E-state index in [1.807, 2.05) is 6.07 Å². The Morgan fingerprint density at radius 3 is 2.80 bits per heavy atom. The Bertz CT molecular complexity index is 322. The monoisotopic (exact) mass is 206 g/mol. The van der Waals surface area contributed by atoms with Crippen LogP contribution in [-0.4, -0.2) is 22.6 Å². The third-order valence-corrected chi connectivity index (χ3v) is 2.73. The van der Waals surface area contributed by atoms with Crippen LogP contribution in [0.15, 0.2) is 12.4 Å². The highest BCUT2D eigenvalue weighted by Crippen LogP contribution is 2.33. The van der Waals surface area contributed by atoms with E-state index < -0.39 is 0 Å². The normalized spacial score (nSPS) is 17.2. The Morgan fingerprint density at radius 2 is 2.13 bits per heavy atom. The molecule has 0 bridgehead atoms. The van der Waals surface area contributed by atoms with Gasteiger partial charge in [-0.25, -0.2) is 9.97 Å². The average molecular weight is 206 g/mol. The highest BCUT2D eigenvalue weighted by molar-refractivity contribution is 5.46. The van der Waals surface area contributed by atoms with Crippen LogP contribution in [0.4, 0.5) is 11.6 Å². The zero-order valence-corrected chi connectivity index (χ0v) is 9.33. The second-order valence-electron chi connectivity index (χ2n) is 4.09. The largest absolute Gasteiger partial charge is 0.370 e. The van der Waals surface area contributed by atoms with Crippen molar-refractivity contribution in [1.82, 2.24) is 9.97 Å². The molecule has 1 aromatic heterocycles. The highest BCUT2D eigenvalue weighted by atomic mass is 15.1. The van der Waals surface area contributed by atoms with E-state index in [9.17, 15) is 0 Å². The molecule has 1 fully saturated rings. The number of anilines is 2. The third kappa shape index (κ3) is 2.81. The van der Waals surface area contributed by atoms with Gasteiger partial charge in [0.2, 0.25) is 0 Å². The van der Waals surface area contributed by atoms with Crippen LogP contribution in [-0.2, 0) is 0 Å². The van der Waals surface area contributed by atoms with Crippen molar-refractivity contribution in [2.24, 2.45) is 5.92 Å². The molecule has 1 aliphatic rings. The lowest BCUT2D eigenvalue weighted by Gasteiger charge is -2.13. The number of hydrogen-bond donors (Lipinski definition) is 2. The minimum absolute atomic E-state index is 0.523. The summed E-state index contributed by atoms with van der Waals surface area (Å²) < 4.78 is 0. The van der Waals surface area contributed by atoms with Crippen molar-refractivity contribution in [1.29, 1.82) is 0 Å². The first-order valence-corrected chi connectivity index (χ1v) is 5.62. The molecule has 1 heterocycles. The van der Waals surface area contributed by atoms with Gasteiger partial charge in [0.25, 0.3) is 0 Å². The molecule has 0 radical (unpaired) electrons. The average Bonchev–Trinajstić information content (AvgIpc) is 3.01. The molecular weight excluding hydrogens is 188 g/mol. The van der Waals surface area contributed by atoms with E-state index in [1.165, 1.54) is 12.8 Å². The molecule has 0 spiro atoms. The van der Waals surface area contributed by atoms with Gasteiger partial charge in [-0.2, -0.15) is 0 Å². The van der Waals surface area contributed by atoms with E-state index in [1.54, 1.807) is 6.33 Å². The molecule has 0 aliphatic heterocycles. The van der Waals surface area contributed by atoms with Gasteiger partial charge in [-0.05, 0) is 32.6 Å². The second-order valence-corrected chi connectivity index (χ2v) is 4.09. The predicted molar refractivity (Wildman–Crippen MR) is 62.0 cm³/mol. The number of nitrogens with one attached hydrogen (secondary N) is 2. The fourth-order valence-corrected chi connectivity index (χ4v) is 1.66. The summed E-state index contributed by atoms with van der Waals surface area (Å²) in [5.41, 5.74) is 0. The first kappa shape index (κ1) is 10.2. The molecule has 1 aromatic rings. The van der Waals surface area contributed by atoms with Crippen molar-refractivity contribution in [3.8, 4) is 0 Å². The summed E-state index contributed by atoms with van der Waals surface area (Å²) in [4.78, 5) is 8.34. The molecule has 1 aliphatic carbocycles. The van der Waals surface area contributed by atoms with Crippen LogP contribution in [0.5, 0.6) is 0 Å². The van der Waals surface area contributed by atoms with E-state index in [4.69, 9.17) is 0 Å². The Labute approximate surface area is 90.5 Å². The summed E-state index contributed by atoms with van der Waals surface area (Å²) in [6, 6.07) is 2.48. The van der Waals surface area contributed by atoms with Gasteiger partial charge in [-0.3, -0.25) is 0 Å². The molecule has 2 N–H and O–H groups in total. The lowest BCUT2D eigenvalue weighted by atomic mass is 10.2. The maximum Gasteiger partial charge on any atom is 0.131 e. The summed E-state index contributed by atoms with van der Waals surface area (Å²) in [7, 11) is 0. The van der Waals surface area contributed by atoms with Crippen LogP contribution in [0.1, 0.15) is 26.7 Å². The Balaban J connectivity index is 1.97. The summed E-state index contributed by atoms with van der Waals surface area (Å²) >= 11 is 0. The molecule has 0 amide bonds. The Hall–Kier alpha value is -1.32. The van der Waals surface area contributed by atoms with Gasteiger partial charge in [0.1, 0.15) is 18.0 Å². The number of nitrogens with zero attached hydrogens (tertiary/aromatic N) is 2. The zero-order chi connectivity index (χ0) is 10.7. The maximum atomic E-state index is 4.21. The van der Waals surface area contributed by atoms with E-state index in [0.717, 1.165) is 24.1 Å². The zero-order valence-electron chi connectivity index (χ0n) is 9.33. The van der Waals surface area contributed by atoms with Crippen molar-refractivity contribution in [3.05, 3.63) is 12.4 Å². The molecule has 2 rings (SSSR count). The van der Waals surface area contributed by atoms with Crippen LogP contribution in [0.2, 0.25) is 0 Å². The lowest BCUT2D eigenvalue weighted by Crippen LogP contribution is -2.18. The van der Waals surface area contributed by atoms with Crippen molar-refractivity contribution in [3.63, 3.8) is 0 Å². The van der Waals surface area contributed by atoms with Gasteiger partial charge < -0.3 is 10.6 Å².